The Kier molecular flexibility index (Phi) is 2.88. The number of aromatic nitrogens is 1. The van der Waals surface area contributed by atoms with E-state index in [4.69, 9.17) is 5.73 Å². The normalized spacial score (nSPS) is 21.9. The van der Waals surface area contributed by atoms with E-state index < -0.39 is 18.6 Å². The number of nitrogens with zero attached hydrogens (tertiary/aromatic N) is 1. The van der Waals surface area contributed by atoms with Crippen LogP contribution >= 0.6 is 0 Å². The summed E-state index contributed by atoms with van der Waals surface area (Å²) in [6.07, 6.45) is -2.08. The molecule has 16 heavy (non-hydrogen) atoms. The number of nitrogens with two attached hydrogens (primary N) is 1. The van der Waals surface area contributed by atoms with Crippen molar-refractivity contribution in [2.24, 2.45) is 5.73 Å². The highest BCUT2D eigenvalue weighted by molar-refractivity contribution is 5.29. The summed E-state index contributed by atoms with van der Waals surface area (Å²) in [6, 6.07) is 2.83. The van der Waals surface area contributed by atoms with Crippen LogP contribution in [0.4, 0.5) is 13.2 Å². The molecule has 1 aromatic heterocycles. The molecule has 5 heteroatoms. The molecule has 2 unspecified atom stereocenters. The largest absolute Gasteiger partial charge is 0.390 e. The van der Waals surface area contributed by atoms with Crippen molar-refractivity contribution in [3.63, 3.8) is 0 Å². The summed E-state index contributed by atoms with van der Waals surface area (Å²) >= 11 is 0. The minimum Gasteiger partial charge on any atom is -0.327 e. The SMILES string of the molecule is NC(CC(F)(F)F)C1CCc2cccnc21. The molecule has 0 fully saturated rings. The fourth-order valence-electron chi connectivity index (χ4n) is 2.27. The molecule has 1 aliphatic rings. The molecule has 0 radical (unpaired) electrons. The lowest BCUT2D eigenvalue weighted by Crippen LogP contribution is -2.33. The molecule has 88 valence electrons. The number of halogens is 3. The molecule has 0 saturated heterocycles. The Bertz CT molecular complexity index is 376. The molecule has 0 spiro atoms. The van der Waals surface area contributed by atoms with Crippen molar-refractivity contribution in [2.75, 3.05) is 0 Å². The van der Waals surface area contributed by atoms with Gasteiger partial charge in [-0.1, -0.05) is 6.07 Å². The number of fused-ring (bicyclic) bond motifs is 1. The van der Waals surface area contributed by atoms with Crippen LogP contribution in [0, 0.1) is 0 Å². The fraction of sp³-hybridized carbons (Fsp3) is 0.545. The predicted octanol–water partition coefficient (Wildman–Crippen LogP) is 2.39. The second-order valence-corrected chi connectivity index (χ2v) is 4.18. The standard InChI is InChI=1S/C11H13F3N2/c12-11(13,14)6-9(15)8-4-3-7-2-1-5-16-10(7)8/h1-2,5,8-9H,3-4,6,15H2. The molecule has 2 rings (SSSR count). The lowest BCUT2D eigenvalue weighted by molar-refractivity contribution is -0.139. The van der Waals surface area contributed by atoms with E-state index in [2.05, 4.69) is 4.98 Å². The van der Waals surface area contributed by atoms with Gasteiger partial charge in [-0.15, -0.1) is 0 Å². The molecule has 0 aliphatic heterocycles. The van der Waals surface area contributed by atoms with Crippen molar-refractivity contribution in [3.05, 3.63) is 29.6 Å². The number of aryl methyl sites for hydroxylation is 1. The number of pyridine rings is 1. The molecule has 0 bridgehead atoms. The molecular formula is C11H13F3N2. The van der Waals surface area contributed by atoms with E-state index in [1.54, 1.807) is 12.3 Å². The zero-order valence-electron chi connectivity index (χ0n) is 8.67. The Morgan fingerprint density at radius 1 is 1.50 bits per heavy atom. The van der Waals surface area contributed by atoms with E-state index in [-0.39, 0.29) is 5.92 Å². The van der Waals surface area contributed by atoms with Gasteiger partial charge < -0.3 is 5.73 Å². The molecule has 2 atom stereocenters. The first-order valence-electron chi connectivity index (χ1n) is 5.23. The van der Waals surface area contributed by atoms with E-state index >= 15 is 0 Å². The van der Waals surface area contributed by atoms with E-state index in [0.29, 0.717) is 6.42 Å². The Labute approximate surface area is 91.7 Å². The van der Waals surface area contributed by atoms with Gasteiger partial charge >= 0.3 is 6.18 Å². The third-order valence-electron chi connectivity index (χ3n) is 2.99. The van der Waals surface area contributed by atoms with E-state index in [1.165, 1.54) is 0 Å². The van der Waals surface area contributed by atoms with E-state index in [1.807, 2.05) is 6.07 Å². The highest BCUT2D eigenvalue weighted by atomic mass is 19.4. The third-order valence-corrected chi connectivity index (χ3v) is 2.99. The van der Waals surface area contributed by atoms with E-state index in [0.717, 1.165) is 17.7 Å². The molecule has 0 saturated carbocycles. The topological polar surface area (TPSA) is 38.9 Å². The first-order chi connectivity index (χ1) is 7.47. The molecule has 1 heterocycles. The first kappa shape index (κ1) is 11.4. The smallest absolute Gasteiger partial charge is 0.327 e. The highest BCUT2D eigenvalue weighted by Gasteiger charge is 2.37. The number of hydrogen-bond acceptors (Lipinski definition) is 2. The molecule has 0 amide bonds. The lowest BCUT2D eigenvalue weighted by atomic mass is 9.95. The van der Waals surface area contributed by atoms with Gasteiger partial charge in [-0.25, -0.2) is 0 Å². The van der Waals surface area contributed by atoms with Crippen LogP contribution in [0.2, 0.25) is 0 Å². The van der Waals surface area contributed by atoms with Crippen molar-refractivity contribution in [1.29, 1.82) is 0 Å². The van der Waals surface area contributed by atoms with Gasteiger partial charge in [-0.3, -0.25) is 4.98 Å². The summed E-state index contributed by atoms with van der Waals surface area (Å²) in [5.41, 5.74) is 7.40. The summed E-state index contributed by atoms with van der Waals surface area (Å²) in [5.74, 6) is -0.252. The number of alkyl halides is 3. The molecule has 2 N–H and O–H groups in total. The van der Waals surface area contributed by atoms with Crippen molar-refractivity contribution in [2.45, 2.75) is 37.4 Å². The zero-order chi connectivity index (χ0) is 11.8. The van der Waals surface area contributed by atoms with Crippen LogP contribution in [0.25, 0.3) is 0 Å². The summed E-state index contributed by atoms with van der Waals surface area (Å²) in [5, 5.41) is 0. The van der Waals surface area contributed by atoms with Crippen LogP contribution in [0.3, 0.4) is 0 Å². The summed E-state index contributed by atoms with van der Waals surface area (Å²) in [7, 11) is 0. The average Bonchev–Trinajstić information content (AvgIpc) is 2.58. The first-order valence-corrected chi connectivity index (χ1v) is 5.23. The van der Waals surface area contributed by atoms with Crippen LogP contribution < -0.4 is 5.73 Å². The Morgan fingerprint density at radius 3 is 2.94 bits per heavy atom. The van der Waals surface area contributed by atoms with Crippen molar-refractivity contribution >= 4 is 0 Å². The quantitative estimate of drug-likeness (QED) is 0.847. The Morgan fingerprint density at radius 2 is 2.25 bits per heavy atom. The minimum atomic E-state index is -4.20. The second kappa shape index (κ2) is 4.05. The van der Waals surface area contributed by atoms with Gasteiger partial charge in [0.05, 0.1) is 6.42 Å². The van der Waals surface area contributed by atoms with Crippen molar-refractivity contribution < 1.29 is 13.2 Å². The van der Waals surface area contributed by atoms with Crippen LogP contribution in [-0.4, -0.2) is 17.2 Å². The summed E-state index contributed by atoms with van der Waals surface area (Å²) in [4.78, 5) is 4.14. The van der Waals surface area contributed by atoms with Crippen LogP contribution in [-0.2, 0) is 6.42 Å². The van der Waals surface area contributed by atoms with Gasteiger partial charge in [0.15, 0.2) is 0 Å². The zero-order valence-corrected chi connectivity index (χ0v) is 8.67. The van der Waals surface area contributed by atoms with Gasteiger partial charge in [0, 0.05) is 23.9 Å². The van der Waals surface area contributed by atoms with Gasteiger partial charge in [-0.2, -0.15) is 13.2 Å². The number of rotatable bonds is 2. The highest BCUT2D eigenvalue weighted by Crippen LogP contribution is 2.36. The molecule has 0 aromatic carbocycles. The molecular weight excluding hydrogens is 217 g/mol. The van der Waals surface area contributed by atoms with Crippen LogP contribution in [0.5, 0.6) is 0 Å². The van der Waals surface area contributed by atoms with Gasteiger partial charge in [-0.05, 0) is 24.5 Å². The predicted molar refractivity (Wildman–Crippen MR) is 53.9 cm³/mol. The lowest BCUT2D eigenvalue weighted by Gasteiger charge is -2.20. The maximum atomic E-state index is 12.2. The maximum absolute atomic E-state index is 12.2. The van der Waals surface area contributed by atoms with Gasteiger partial charge in [0.1, 0.15) is 0 Å². The van der Waals surface area contributed by atoms with Crippen molar-refractivity contribution in [3.8, 4) is 0 Å². The van der Waals surface area contributed by atoms with E-state index in [9.17, 15) is 13.2 Å². The Hall–Kier alpha value is -1.10. The average molecular weight is 230 g/mol. The molecule has 1 aliphatic carbocycles. The minimum absolute atomic E-state index is 0.252. The van der Waals surface area contributed by atoms with Crippen molar-refractivity contribution in [1.82, 2.24) is 4.98 Å². The maximum Gasteiger partial charge on any atom is 0.390 e. The fourth-order valence-corrected chi connectivity index (χ4v) is 2.27. The molecule has 2 nitrogen and oxygen atoms in total. The van der Waals surface area contributed by atoms with Crippen LogP contribution in [0.1, 0.15) is 30.0 Å². The molecule has 1 aromatic rings. The summed E-state index contributed by atoms with van der Waals surface area (Å²) in [6.45, 7) is 0. The second-order valence-electron chi connectivity index (χ2n) is 4.18. The third kappa shape index (κ3) is 2.35. The van der Waals surface area contributed by atoms with Gasteiger partial charge in [0.2, 0.25) is 0 Å². The monoisotopic (exact) mass is 230 g/mol. The van der Waals surface area contributed by atoms with Crippen LogP contribution in [0.15, 0.2) is 18.3 Å². The number of hydrogen-bond donors (Lipinski definition) is 1. The summed E-state index contributed by atoms with van der Waals surface area (Å²) < 4.78 is 36.7. The van der Waals surface area contributed by atoms with Gasteiger partial charge in [0.25, 0.3) is 0 Å². The Balaban J connectivity index is 2.13.